The van der Waals surface area contributed by atoms with E-state index in [1.807, 2.05) is 26.8 Å². The van der Waals surface area contributed by atoms with Crippen LogP contribution in [0.3, 0.4) is 0 Å². The third-order valence-corrected chi connectivity index (χ3v) is 5.10. The number of carboxylic acids is 1. The molecule has 8 nitrogen and oxygen atoms in total. The highest BCUT2D eigenvalue weighted by atomic mass is 16.6. The Morgan fingerprint density at radius 3 is 1.63 bits per heavy atom. The number of aryl methyl sites for hydroxylation is 3. The number of hydrogen-bond acceptors (Lipinski definition) is 6. The number of carbonyl (C=O) groups is 4. The summed E-state index contributed by atoms with van der Waals surface area (Å²) in [7, 11) is 0. The molecule has 0 radical (unpaired) electrons. The summed E-state index contributed by atoms with van der Waals surface area (Å²) in [4.78, 5) is 50.6. The Hall–Kier alpha value is -4.46. The van der Waals surface area contributed by atoms with Crippen molar-refractivity contribution < 1.29 is 33.8 Å². The molecule has 0 heterocycles. The topological polar surface area (TPSA) is 119 Å². The number of amides is 1. The molecule has 2 N–H and O–H groups in total. The van der Waals surface area contributed by atoms with Crippen molar-refractivity contribution in [1.29, 1.82) is 0 Å². The normalized spacial score (nSPS) is 12.2. The minimum atomic E-state index is -2.09. The summed E-state index contributed by atoms with van der Waals surface area (Å²) in [6.07, 6.45) is -4.06. The molecule has 0 aliphatic carbocycles. The van der Waals surface area contributed by atoms with Gasteiger partial charge in [-0.3, -0.25) is 4.79 Å². The number of rotatable bonds is 8. The lowest BCUT2D eigenvalue weighted by Crippen LogP contribution is -2.48. The van der Waals surface area contributed by atoms with Crippen molar-refractivity contribution in [2.24, 2.45) is 0 Å². The maximum Gasteiger partial charge on any atom is 0.349 e. The zero-order chi connectivity index (χ0) is 25.5. The van der Waals surface area contributed by atoms with E-state index in [1.165, 1.54) is 24.3 Å². The zero-order valence-corrected chi connectivity index (χ0v) is 19.5. The van der Waals surface area contributed by atoms with Crippen LogP contribution < -0.4 is 5.32 Å². The molecule has 3 rings (SSSR count). The number of carbonyl (C=O) groups excluding carboxylic acids is 3. The van der Waals surface area contributed by atoms with Crippen molar-refractivity contribution in [3.8, 4) is 0 Å². The second-order valence-electron chi connectivity index (χ2n) is 8.08. The number of hydrogen-bond donors (Lipinski definition) is 2. The molecule has 0 saturated heterocycles. The molecule has 180 valence electrons. The molecule has 0 aromatic heterocycles. The highest BCUT2D eigenvalue weighted by molar-refractivity contribution is 6.01. The van der Waals surface area contributed by atoms with Crippen molar-refractivity contribution in [1.82, 2.24) is 0 Å². The van der Waals surface area contributed by atoms with Crippen LogP contribution in [0.1, 0.15) is 37.4 Å². The van der Waals surface area contributed by atoms with Gasteiger partial charge in [0.2, 0.25) is 12.2 Å². The van der Waals surface area contributed by atoms with Crippen LogP contribution in [-0.4, -0.2) is 41.1 Å². The van der Waals surface area contributed by atoms with Gasteiger partial charge in [-0.2, -0.15) is 0 Å². The van der Waals surface area contributed by atoms with Gasteiger partial charge in [-0.15, -0.1) is 0 Å². The summed E-state index contributed by atoms with van der Waals surface area (Å²) in [5.41, 5.74) is 3.18. The zero-order valence-electron chi connectivity index (χ0n) is 19.5. The van der Waals surface area contributed by atoms with Crippen molar-refractivity contribution in [2.45, 2.75) is 33.0 Å². The lowest BCUT2D eigenvalue weighted by atomic mass is 10.1. The van der Waals surface area contributed by atoms with Crippen LogP contribution in [0, 0.1) is 20.8 Å². The molecule has 0 aliphatic heterocycles. The van der Waals surface area contributed by atoms with E-state index in [1.54, 1.807) is 42.5 Å². The molecule has 0 saturated carbocycles. The Balaban J connectivity index is 1.90. The number of benzene rings is 3. The second kappa shape index (κ2) is 11.1. The summed E-state index contributed by atoms with van der Waals surface area (Å²) in [5.74, 6) is -4.52. The first kappa shape index (κ1) is 25.2. The standard InChI is InChI=1S/C27H25NO7/c1-16-7-11-19(12-8-16)26(32)34-22(24(29)28-21-6-4-5-18(3)15-21)23(25(30)31)35-27(33)20-13-9-17(2)10-14-20/h4-15,22-23H,1-3H3,(H,28,29)(H,30,31)/t22-,23-/m1/s1. The molecule has 1 amide bonds. The Morgan fingerprint density at radius 2 is 1.17 bits per heavy atom. The van der Waals surface area contributed by atoms with Gasteiger partial charge in [-0.1, -0.05) is 47.5 Å². The number of anilines is 1. The fraction of sp³-hybridized carbons (Fsp3) is 0.185. The van der Waals surface area contributed by atoms with Crippen molar-refractivity contribution in [3.63, 3.8) is 0 Å². The number of carboxylic acid groups (broad SMARTS) is 1. The number of esters is 2. The van der Waals surface area contributed by atoms with Crippen LogP contribution in [0.4, 0.5) is 5.69 Å². The fourth-order valence-corrected chi connectivity index (χ4v) is 3.18. The summed E-state index contributed by atoms with van der Waals surface area (Å²) >= 11 is 0. The van der Waals surface area contributed by atoms with E-state index in [4.69, 9.17) is 9.47 Å². The van der Waals surface area contributed by atoms with Gasteiger partial charge in [-0.25, -0.2) is 14.4 Å². The quantitative estimate of drug-likeness (QED) is 0.471. The predicted molar refractivity (Wildman–Crippen MR) is 128 cm³/mol. The van der Waals surface area contributed by atoms with Crippen molar-refractivity contribution >= 4 is 29.5 Å². The Kier molecular flexibility index (Phi) is 7.99. The third-order valence-electron chi connectivity index (χ3n) is 5.10. The third kappa shape index (κ3) is 6.77. The van der Waals surface area contributed by atoms with Crippen LogP contribution in [-0.2, 0) is 19.1 Å². The lowest BCUT2D eigenvalue weighted by molar-refractivity contribution is -0.157. The molecule has 8 heteroatoms. The smallest absolute Gasteiger partial charge is 0.349 e. The molecule has 2 atom stereocenters. The second-order valence-corrected chi connectivity index (χ2v) is 8.08. The Morgan fingerprint density at radius 1 is 0.686 bits per heavy atom. The minimum Gasteiger partial charge on any atom is -0.478 e. The maximum atomic E-state index is 13.1. The van der Waals surface area contributed by atoms with E-state index >= 15 is 0 Å². The van der Waals surface area contributed by atoms with Gasteiger partial charge in [0.05, 0.1) is 11.1 Å². The van der Waals surface area contributed by atoms with Gasteiger partial charge in [0.1, 0.15) is 0 Å². The first-order valence-electron chi connectivity index (χ1n) is 10.8. The largest absolute Gasteiger partial charge is 0.478 e. The molecule has 0 aliphatic rings. The molecule has 0 spiro atoms. The summed E-state index contributed by atoms with van der Waals surface area (Å²) in [5, 5.41) is 12.3. The van der Waals surface area contributed by atoms with Crippen LogP contribution in [0.5, 0.6) is 0 Å². The summed E-state index contributed by atoms with van der Waals surface area (Å²) in [6.45, 7) is 5.47. The van der Waals surface area contributed by atoms with Gasteiger partial charge in [0.25, 0.3) is 5.91 Å². The molecule has 3 aromatic carbocycles. The van der Waals surface area contributed by atoms with E-state index in [9.17, 15) is 24.3 Å². The van der Waals surface area contributed by atoms with Crippen LogP contribution in [0.2, 0.25) is 0 Å². The molecule has 0 fully saturated rings. The van der Waals surface area contributed by atoms with E-state index in [-0.39, 0.29) is 11.1 Å². The summed E-state index contributed by atoms with van der Waals surface area (Å²) < 4.78 is 10.5. The molecule has 35 heavy (non-hydrogen) atoms. The maximum absolute atomic E-state index is 13.1. The number of nitrogens with one attached hydrogen (secondary N) is 1. The molecule has 0 bridgehead atoms. The molecular weight excluding hydrogens is 450 g/mol. The van der Waals surface area contributed by atoms with E-state index in [0.29, 0.717) is 5.69 Å². The summed E-state index contributed by atoms with van der Waals surface area (Å²) in [6, 6.07) is 19.3. The van der Waals surface area contributed by atoms with Gasteiger partial charge in [0.15, 0.2) is 0 Å². The Bertz CT molecular complexity index is 1230. The lowest BCUT2D eigenvalue weighted by Gasteiger charge is -2.23. The van der Waals surface area contributed by atoms with Gasteiger partial charge >= 0.3 is 17.9 Å². The SMILES string of the molecule is Cc1ccc(C(=O)O[C@@H](C(=O)O)[C@@H](OC(=O)c2ccc(C)cc2)C(=O)Nc2cccc(C)c2)cc1. The minimum absolute atomic E-state index is 0.0875. The van der Waals surface area contributed by atoms with E-state index in [0.717, 1.165) is 16.7 Å². The van der Waals surface area contributed by atoms with Crippen molar-refractivity contribution in [3.05, 3.63) is 101 Å². The highest BCUT2D eigenvalue weighted by Gasteiger charge is 2.41. The molecule has 0 unspecified atom stereocenters. The van der Waals surface area contributed by atoms with Crippen molar-refractivity contribution in [2.75, 3.05) is 5.32 Å². The predicted octanol–water partition coefficient (Wildman–Crippen LogP) is 4.09. The van der Waals surface area contributed by atoms with Crippen LogP contribution in [0.15, 0.2) is 72.8 Å². The van der Waals surface area contributed by atoms with E-state index in [2.05, 4.69) is 5.32 Å². The first-order chi connectivity index (χ1) is 16.6. The van der Waals surface area contributed by atoms with Gasteiger partial charge in [0, 0.05) is 5.69 Å². The number of aliphatic carboxylic acids is 1. The molecular formula is C27H25NO7. The first-order valence-corrected chi connectivity index (χ1v) is 10.8. The average Bonchev–Trinajstić information content (AvgIpc) is 2.81. The van der Waals surface area contributed by atoms with Crippen LogP contribution in [0.25, 0.3) is 0 Å². The fourth-order valence-electron chi connectivity index (χ4n) is 3.18. The number of ether oxygens (including phenoxy) is 2. The van der Waals surface area contributed by atoms with Gasteiger partial charge in [-0.05, 0) is 62.7 Å². The van der Waals surface area contributed by atoms with Gasteiger partial charge < -0.3 is 19.9 Å². The van der Waals surface area contributed by atoms with Crippen LogP contribution >= 0.6 is 0 Å². The monoisotopic (exact) mass is 475 g/mol. The Labute approximate surface area is 202 Å². The highest BCUT2D eigenvalue weighted by Crippen LogP contribution is 2.17. The average molecular weight is 475 g/mol. The van der Waals surface area contributed by atoms with E-state index < -0.39 is 36.0 Å². The molecule has 3 aromatic rings.